The Hall–Kier alpha value is -5.60. The van der Waals surface area contributed by atoms with Gasteiger partial charge in [-0.3, -0.25) is 29.8 Å². The summed E-state index contributed by atoms with van der Waals surface area (Å²) in [5.41, 5.74) is 3.95. The first-order chi connectivity index (χ1) is 28.8. The predicted octanol–water partition coefficient (Wildman–Crippen LogP) is 4.47. The first kappa shape index (κ1) is 45.5. The van der Waals surface area contributed by atoms with Gasteiger partial charge in [-0.05, 0) is 93.9 Å². The van der Waals surface area contributed by atoms with E-state index in [1.807, 2.05) is 84.9 Å². The van der Waals surface area contributed by atoms with Gasteiger partial charge in [0.25, 0.3) is 0 Å². The first-order valence-electron chi connectivity index (χ1n) is 20.9. The van der Waals surface area contributed by atoms with E-state index in [1.54, 1.807) is 25.7 Å². The average Bonchev–Trinajstić information content (AvgIpc) is 3.86. The van der Waals surface area contributed by atoms with Crippen molar-refractivity contribution < 1.29 is 48.8 Å². The Kier molecular flexibility index (Phi) is 16.4. The molecule has 1 saturated carbocycles. The Morgan fingerprint density at radius 2 is 1.23 bits per heavy atom. The normalized spacial score (nSPS) is 21.2. The summed E-state index contributed by atoms with van der Waals surface area (Å²) in [7, 11) is 0. The zero-order valence-electron chi connectivity index (χ0n) is 34.6. The second-order valence-corrected chi connectivity index (χ2v) is 15.9. The second-order valence-electron chi connectivity index (χ2n) is 15.9. The molecule has 14 heteroatoms. The average molecular weight is 827 g/mol. The van der Waals surface area contributed by atoms with Crippen molar-refractivity contribution in [2.75, 3.05) is 6.61 Å². The van der Waals surface area contributed by atoms with E-state index < -0.39 is 60.1 Å². The number of likely N-dealkylation sites (tertiary alicyclic amines) is 1. The molecule has 2 amide bonds. The largest absolute Gasteiger partial charge is 0.480 e. The summed E-state index contributed by atoms with van der Waals surface area (Å²) < 4.78 is 5.21. The molecule has 6 rings (SSSR count). The zero-order valence-corrected chi connectivity index (χ0v) is 34.6. The number of hydrogen-bond donors (Lipinski definition) is 5. The van der Waals surface area contributed by atoms with Crippen LogP contribution in [0, 0.1) is 5.92 Å². The summed E-state index contributed by atoms with van der Waals surface area (Å²) in [4.78, 5) is 76.9. The summed E-state index contributed by atoms with van der Waals surface area (Å²) >= 11 is 0. The number of fused-ring (bicyclic) bond motifs is 2. The van der Waals surface area contributed by atoms with Crippen LogP contribution >= 0.6 is 0 Å². The number of esters is 1. The van der Waals surface area contributed by atoms with E-state index in [4.69, 9.17) is 4.74 Å². The van der Waals surface area contributed by atoms with E-state index in [9.17, 15) is 44.1 Å². The van der Waals surface area contributed by atoms with E-state index >= 15 is 0 Å². The summed E-state index contributed by atoms with van der Waals surface area (Å²) in [6.07, 6.45) is 5.65. The van der Waals surface area contributed by atoms with Crippen LogP contribution in [0.5, 0.6) is 0 Å². The van der Waals surface area contributed by atoms with Gasteiger partial charge in [0, 0.05) is 19.0 Å². The third-order valence-corrected chi connectivity index (χ3v) is 11.8. The van der Waals surface area contributed by atoms with Crippen LogP contribution in [0.3, 0.4) is 0 Å². The van der Waals surface area contributed by atoms with Crippen molar-refractivity contribution >= 4 is 35.7 Å². The van der Waals surface area contributed by atoms with Gasteiger partial charge in [0.2, 0.25) is 11.8 Å². The fourth-order valence-corrected chi connectivity index (χ4v) is 8.72. The van der Waals surface area contributed by atoms with Gasteiger partial charge < -0.3 is 29.9 Å². The number of aryl methyl sites for hydroxylation is 2. The monoisotopic (exact) mass is 826 g/mol. The molecule has 0 radical (unpaired) electrons. The number of hydrogen-bond acceptors (Lipinski definition) is 9. The lowest BCUT2D eigenvalue weighted by Gasteiger charge is -2.36. The molecule has 0 aromatic heterocycles. The lowest BCUT2D eigenvalue weighted by Crippen LogP contribution is -2.56. The van der Waals surface area contributed by atoms with Crippen molar-refractivity contribution in [3.05, 3.63) is 107 Å². The molecule has 14 nitrogen and oxygen atoms in total. The highest BCUT2D eigenvalue weighted by atomic mass is 16.5. The van der Waals surface area contributed by atoms with E-state index in [1.165, 1.54) is 4.90 Å². The number of amides is 2. The number of carbonyl (C=O) groups excluding carboxylic acids is 3. The van der Waals surface area contributed by atoms with Crippen LogP contribution < -0.4 is 10.6 Å². The maximum atomic E-state index is 13.2. The van der Waals surface area contributed by atoms with Crippen LogP contribution in [0.25, 0.3) is 0 Å². The number of carboxylic acid groups (broad SMARTS) is 3. The minimum absolute atomic E-state index is 0.00629. The lowest BCUT2D eigenvalue weighted by atomic mass is 9.93. The van der Waals surface area contributed by atoms with Crippen LogP contribution in [-0.4, -0.2) is 110 Å². The van der Waals surface area contributed by atoms with Crippen LogP contribution in [0.15, 0.2) is 84.9 Å². The molecule has 0 spiro atoms. The van der Waals surface area contributed by atoms with Crippen LogP contribution in [0.1, 0.15) is 81.5 Å². The number of carboxylic acids is 3. The maximum Gasteiger partial charge on any atom is 0.326 e. The van der Waals surface area contributed by atoms with Gasteiger partial charge in [-0.15, -0.1) is 0 Å². The molecular formula is C46H58N4O10. The Bertz CT molecular complexity index is 1950. The molecule has 0 bridgehead atoms. The molecule has 322 valence electrons. The fraction of sp³-hybridized carbons (Fsp3) is 0.478. The van der Waals surface area contributed by atoms with Gasteiger partial charge in [-0.2, -0.15) is 0 Å². The van der Waals surface area contributed by atoms with Crippen molar-refractivity contribution in [3.63, 3.8) is 0 Å². The maximum absolute atomic E-state index is 13.2. The Morgan fingerprint density at radius 3 is 1.80 bits per heavy atom. The smallest absolute Gasteiger partial charge is 0.326 e. The standard InChI is InChI=1S/C23H26N2O5.C23H32N2O5/c1-15(24-19(22(27)28)12-11-16-7-3-2-4-8-16)21(26)25-14-18-10-6-5-9-17(18)13-20(25)23(29)30;1-3-30-23(29)18(13-12-16-8-5-4-6-9-16)24-15(2)21(26)25-19-11-7-10-17(19)14-20(25)22(27)28/h2-10,15,19-20,24H,11-14H2,1H3,(H,27,28)(H,29,30);4-6,8-9,15,17-20,24H,3,7,10-14H2,1-2H3,(H,27,28)/t15-,19-,20-;15-,17-,18-,19-,20-/m00/s1. The highest BCUT2D eigenvalue weighted by molar-refractivity contribution is 5.89. The molecule has 0 unspecified atom stereocenters. The zero-order chi connectivity index (χ0) is 43.3. The lowest BCUT2D eigenvalue weighted by molar-refractivity contribution is -0.152. The minimum Gasteiger partial charge on any atom is -0.480 e. The summed E-state index contributed by atoms with van der Waals surface area (Å²) in [5.74, 6) is -3.83. The Balaban J connectivity index is 0.000000228. The number of benzene rings is 3. The molecule has 1 saturated heterocycles. The van der Waals surface area contributed by atoms with E-state index in [2.05, 4.69) is 10.6 Å². The molecule has 2 fully saturated rings. The molecule has 8 atom stereocenters. The number of nitrogens with one attached hydrogen (secondary N) is 2. The molecule has 2 heterocycles. The minimum atomic E-state index is -1.07. The highest BCUT2D eigenvalue weighted by Gasteiger charge is 2.49. The fourth-order valence-electron chi connectivity index (χ4n) is 8.72. The number of rotatable bonds is 17. The summed E-state index contributed by atoms with van der Waals surface area (Å²) in [5, 5.41) is 34.9. The third kappa shape index (κ3) is 11.8. The van der Waals surface area contributed by atoms with Gasteiger partial charge in [0.1, 0.15) is 24.2 Å². The summed E-state index contributed by atoms with van der Waals surface area (Å²) in [6.45, 7) is 5.50. The molecule has 1 aliphatic carbocycles. The Morgan fingerprint density at radius 1 is 0.700 bits per heavy atom. The van der Waals surface area contributed by atoms with Gasteiger partial charge in [0.05, 0.1) is 18.7 Å². The van der Waals surface area contributed by atoms with Gasteiger partial charge >= 0.3 is 23.9 Å². The van der Waals surface area contributed by atoms with Crippen molar-refractivity contribution in [3.8, 4) is 0 Å². The number of aliphatic carboxylic acids is 3. The predicted molar refractivity (Wildman–Crippen MR) is 223 cm³/mol. The molecule has 2 aliphatic heterocycles. The molecule has 60 heavy (non-hydrogen) atoms. The van der Waals surface area contributed by atoms with Crippen LogP contribution in [0.4, 0.5) is 0 Å². The van der Waals surface area contributed by atoms with Crippen molar-refractivity contribution in [2.24, 2.45) is 5.92 Å². The first-order valence-corrected chi connectivity index (χ1v) is 20.9. The number of ether oxygens (including phenoxy) is 1. The molecule has 3 aromatic rings. The van der Waals surface area contributed by atoms with Gasteiger partial charge in [-0.25, -0.2) is 9.59 Å². The van der Waals surface area contributed by atoms with Crippen LogP contribution in [0.2, 0.25) is 0 Å². The SMILES string of the molecule is CCOC(=O)[C@H](CCc1ccccc1)N[C@@H](C)C(=O)N1[C@H](C(=O)O)C[C@@H]2CCC[C@@H]21.C[C@H](N[C@@H](CCc1ccccc1)C(=O)O)C(=O)N1Cc2ccccc2C[C@H]1C(=O)O. The quantitative estimate of drug-likeness (QED) is 0.120. The van der Waals surface area contributed by atoms with Crippen molar-refractivity contribution in [2.45, 2.75) is 127 Å². The number of carbonyl (C=O) groups is 6. The topological polar surface area (TPSA) is 203 Å². The van der Waals surface area contributed by atoms with Crippen molar-refractivity contribution in [1.82, 2.24) is 20.4 Å². The van der Waals surface area contributed by atoms with E-state index in [-0.39, 0.29) is 43.4 Å². The number of nitrogens with zero attached hydrogens (tertiary/aromatic N) is 2. The third-order valence-electron chi connectivity index (χ3n) is 11.8. The molecular weight excluding hydrogens is 769 g/mol. The van der Waals surface area contributed by atoms with E-state index in [0.717, 1.165) is 41.5 Å². The second kappa shape index (κ2) is 21.6. The summed E-state index contributed by atoms with van der Waals surface area (Å²) in [6, 6.07) is 22.0. The van der Waals surface area contributed by atoms with Gasteiger partial charge in [0.15, 0.2) is 0 Å². The highest BCUT2D eigenvalue weighted by Crippen LogP contribution is 2.41. The molecule has 5 N–H and O–H groups in total. The Labute approximate surface area is 351 Å². The van der Waals surface area contributed by atoms with Crippen LogP contribution in [-0.2, 0) is 59.3 Å². The molecule has 3 aromatic carbocycles. The van der Waals surface area contributed by atoms with Gasteiger partial charge in [-0.1, -0.05) is 91.3 Å². The van der Waals surface area contributed by atoms with E-state index in [0.29, 0.717) is 32.1 Å². The molecule has 3 aliphatic rings. The van der Waals surface area contributed by atoms with Crippen molar-refractivity contribution in [1.29, 1.82) is 0 Å².